The summed E-state index contributed by atoms with van der Waals surface area (Å²) in [5, 5.41) is 12.0. The minimum atomic E-state index is -0.187. The molecule has 1 atom stereocenters. The minimum absolute atomic E-state index is 0.0961. The summed E-state index contributed by atoms with van der Waals surface area (Å²) >= 11 is 1.36. The summed E-state index contributed by atoms with van der Waals surface area (Å²) in [4.78, 5) is 18.4. The van der Waals surface area contributed by atoms with E-state index in [0.717, 1.165) is 30.0 Å². The molecule has 122 valence electrons. The molecule has 2 amide bonds. The first-order valence-corrected chi connectivity index (χ1v) is 8.39. The van der Waals surface area contributed by atoms with Crippen molar-refractivity contribution in [3.63, 3.8) is 0 Å². The van der Waals surface area contributed by atoms with Gasteiger partial charge in [0.05, 0.1) is 6.10 Å². The largest absolute Gasteiger partial charge is 0.376 e. The van der Waals surface area contributed by atoms with Gasteiger partial charge in [0.1, 0.15) is 5.01 Å². The van der Waals surface area contributed by atoms with Gasteiger partial charge in [0.25, 0.3) is 0 Å². The molecular formula is C15H19N5O2S. The fourth-order valence-corrected chi connectivity index (χ4v) is 3.06. The fraction of sp³-hybridized carbons (Fsp3) is 0.467. The zero-order valence-corrected chi connectivity index (χ0v) is 13.8. The second kappa shape index (κ2) is 7.47. The van der Waals surface area contributed by atoms with Crippen LogP contribution in [0.3, 0.4) is 0 Å². The number of carbonyl (C=O) groups excluding carboxylic acids is 1. The molecule has 0 unspecified atom stereocenters. The Morgan fingerprint density at radius 3 is 2.91 bits per heavy atom. The fourth-order valence-electron chi connectivity index (χ4n) is 2.48. The van der Waals surface area contributed by atoms with Crippen LogP contribution >= 0.6 is 11.3 Å². The number of carbonyl (C=O) groups is 1. The zero-order chi connectivity index (χ0) is 16.1. The van der Waals surface area contributed by atoms with Crippen LogP contribution in [0.1, 0.15) is 23.4 Å². The van der Waals surface area contributed by atoms with Crippen molar-refractivity contribution in [2.75, 3.05) is 18.5 Å². The maximum absolute atomic E-state index is 12.6. The second-order valence-corrected chi connectivity index (χ2v) is 6.61. The van der Waals surface area contributed by atoms with Crippen molar-refractivity contribution in [1.29, 1.82) is 0 Å². The number of pyridine rings is 1. The maximum Gasteiger partial charge on any atom is 0.324 e. The van der Waals surface area contributed by atoms with E-state index in [-0.39, 0.29) is 12.1 Å². The number of urea groups is 1. The number of hydrogen-bond donors (Lipinski definition) is 1. The normalized spacial score (nSPS) is 17.2. The third kappa shape index (κ3) is 4.46. The van der Waals surface area contributed by atoms with Gasteiger partial charge in [-0.05, 0) is 37.5 Å². The van der Waals surface area contributed by atoms with Crippen LogP contribution in [0.4, 0.5) is 9.93 Å². The van der Waals surface area contributed by atoms with Crippen molar-refractivity contribution in [3.05, 3.63) is 35.1 Å². The van der Waals surface area contributed by atoms with Gasteiger partial charge >= 0.3 is 6.03 Å². The van der Waals surface area contributed by atoms with E-state index in [2.05, 4.69) is 20.5 Å². The lowest BCUT2D eigenvalue weighted by molar-refractivity contribution is 0.0819. The summed E-state index contributed by atoms with van der Waals surface area (Å²) in [5.74, 6) is 0. The Morgan fingerprint density at radius 2 is 2.26 bits per heavy atom. The number of nitrogens with zero attached hydrogens (tertiary/aromatic N) is 4. The first-order chi connectivity index (χ1) is 11.2. The number of amides is 2. The van der Waals surface area contributed by atoms with Gasteiger partial charge < -0.3 is 9.64 Å². The summed E-state index contributed by atoms with van der Waals surface area (Å²) < 4.78 is 5.67. The molecule has 2 aromatic heterocycles. The van der Waals surface area contributed by atoms with Crippen LogP contribution in [0.5, 0.6) is 0 Å². The number of rotatable bonds is 5. The molecule has 7 nitrogen and oxygen atoms in total. The van der Waals surface area contributed by atoms with Gasteiger partial charge in [0, 0.05) is 32.1 Å². The van der Waals surface area contributed by atoms with Gasteiger partial charge in [0.2, 0.25) is 5.13 Å². The van der Waals surface area contributed by atoms with Crippen LogP contribution in [0, 0.1) is 6.92 Å². The zero-order valence-electron chi connectivity index (χ0n) is 12.9. The Kier molecular flexibility index (Phi) is 5.14. The van der Waals surface area contributed by atoms with Gasteiger partial charge in [-0.15, -0.1) is 10.2 Å². The van der Waals surface area contributed by atoms with Crippen LogP contribution < -0.4 is 5.32 Å². The summed E-state index contributed by atoms with van der Waals surface area (Å²) in [6, 6.07) is 3.63. The van der Waals surface area contributed by atoms with E-state index in [1.54, 1.807) is 17.3 Å². The molecule has 0 aromatic carbocycles. The third-order valence-electron chi connectivity index (χ3n) is 3.60. The molecule has 23 heavy (non-hydrogen) atoms. The molecular weight excluding hydrogens is 314 g/mol. The van der Waals surface area contributed by atoms with Gasteiger partial charge in [-0.2, -0.15) is 0 Å². The molecule has 0 aliphatic carbocycles. The van der Waals surface area contributed by atoms with Crippen LogP contribution in [0.15, 0.2) is 24.5 Å². The van der Waals surface area contributed by atoms with Crippen LogP contribution in [0.2, 0.25) is 0 Å². The van der Waals surface area contributed by atoms with E-state index in [1.165, 1.54) is 11.3 Å². The third-order valence-corrected chi connectivity index (χ3v) is 4.35. The van der Waals surface area contributed by atoms with Crippen molar-refractivity contribution in [3.8, 4) is 0 Å². The predicted octanol–water partition coefficient (Wildman–Crippen LogP) is 2.45. The SMILES string of the molecule is Cc1nnc(NC(=O)N(Cc2ccncc2)C[C@@H]2CCCO2)s1. The monoisotopic (exact) mass is 333 g/mol. The van der Waals surface area contributed by atoms with E-state index in [9.17, 15) is 4.79 Å². The molecule has 1 aliphatic heterocycles. The van der Waals surface area contributed by atoms with Crippen LogP contribution in [-0.2, 0) is 11.3 Å². The quantitative estimate of drug-likeness (QED) is 0.909. The van der Waals surface area contributed by atoms with E-state index in [1.807, 2.05) is 19.1 Å². The Labute approximate surface area is 138 Å². The lowest BCUT2D eigenvalue weighted by Gasteiger charge is -2.25. The standard InChI is InChI=1S/C15H19N5O2S/c1-11-18-19-14(23-11)17-15(21)20(10-13-3-2-8-22-13)9-12-4-6-16-7-5-12/h4-7,13H,2-3,8-10H2,1H3,(H,17,19,21)/t13-/m0/s1. The molecule has 0 radical (unpaired) electrons. The topological polar surface area (TPSA) is 80.2 Å². The van der Waals surface area contributed by atoms with E-state index >= 15 is 0 Å². The Hall–Kier alpha value is -2.06. The first kappa shape index (κ1) is 15.8. The highest BCUT2D eigenvalue weighted by Crippen LogP contribution is 2.18. The minimum Gasteiger partial charge on any atom is -0.376 e. The number of ether oxygens (including phenoxy) is 1. The number of aryl methyl sites for hydroxylation is 1. The highest BCUT2D eigenvalue weighted by atomic mass is 32.1. The van der Waals surface area contributed by atoms with Gasteiger partial charge in [0.15, 0.2) is 0 Å². The lowest BCUT2D eigenvalue weighted by atomic mass is 10.2. The molecule has 1 aliphatic rings. The Balaban J connectivity index is 1.68. The molecule has 0 spiro atoms. The Morgan fingerprint density at radius 1 is 1.43 bits per heavy atom. The second-order valence-electron chi connectivity index (χ2n) is 5.43. The van der Waals surface area contributed by atoms with Crippen molar-refractivity contribution in [2.24, 2.45) is 0 Å². The number of anilines is 1. The molecule has 1 saturated heterocycles. The van der Waals surface area contributed by atoms with Crippen molar-refractivity contribution >= 4 is 22.5 Å². The van der Waals surface area contributed by atoms with Gasteiger partial charge in [-0.25, -0.2) is 4.79 Å². The summed E-state index contributed by atoms with van der Waals surface area (Å²) in [6.45, 7) is 3.69. The molecule has 3 rings (SSSR count). The van der Waals surface area contributed by atoms with Crippen molar-refractivity contribution in [2.45, 2.75) is 32.4 Å². The smallest absolute Gasteiger partial charge is 0.324 e. The maximum atomic E-state index is 12.6. The highest BCUT2D eigenvalue weighted by Gasteiger charge is 2.23. The number of aromatic nitrogens is 3. The van der Waals surface area contributed by atoms with Crippen molar-refractivity contribution < 1.29 is 9.53 Å². The molecule has 8 heteroatoms. The molecule has 1 N–H and O–H groups in total. The molecule has 0 saturated carbocycles. The summed E-state index contributed by atoms with van der Waals surface area (Å²) in [6.07, 6.45) is 5.58. The predicted molar refractivity (Wildman–Crippen MR) is 87.3 cm³/mol. The van der Waals surface area contributed by atoms with E-state index in [4.69, 9.17) is 4.74 Å². The van der Waals surface area contributed by atoms with E-state index in [0.29, 0.717) is 18.2 Å². The average Bonchev–Trinajstić information content (AvgIpc) is 3.19. The lowest BCUT2D eigenvalue weighted by Crippen LogP contribution is -2.39. The number of hydrogen-bond acceptors (Lipinski definition) is 6. The summed E-state index contributed by atoms with van der Waals surface area (Å²) in [5.41, 5.74) is 1.03. The van der Waals surface area contributed by atoms with Gasteiger partial charge in [-0.3, -0.25) is 10.3 Å². The molecule has 3 heterocycles. The first-order valence-electron chi connectivity index (χ1n) is 7.57. The average molecular weight is 333 g/mol. The molecule has 0 bridgehead atoms. The molecule has 2 aromatic rings. The molecule has 1 fully saturated rings. The van der Waals surface area contributed by atoms with Crippen molar-refractivity contribution in [1.82, 2.24) is 20.1 Å². The van der Waals surface area contributed by atoms with Gasteiger partial charge in [-0.1, -0.05) is 11.3 Å². The van der Waals surface area contributed by atoms with E-state index < -0.39 is 0 Å². The number of nitrogens with one attached hydrogen (secondary N) is 1. The highest BCUT2D eigenvalue weighted by molar-refractivity contribution is 7.15. The van der Waals surface area contributed by atoms with Crippen LogP contribution in [-0.4, -0.2) is 45.4 Å². The summed E-state index contributed by atoms with van der Waals surface area (Å²) in [7, 11) is 0. The Bertz CT molecular complexity index is 642. The van der Waals surface area contributed by atoms with Crippen LogP contribution in [0.25, 0.3) is 0 Å².